The number of amides is 1. The van der Waals surface area contributed by atoms with Crippen LogP contribution in [0, 0.1) is 17.2 Å². The lowest BCUT2D eigenvalue weighted by Gasteiger charge is -2.34. The summed E-state index contributed by atoms with van der Waals surface area (Å²) in [4.78, 5) is 14.2. The molecule has 2 N–H and O–H groups in total. The molecular weight excluding hydrogens is 266 g/mol. The molecule has 2 aliphatic carbocycles. The number of aliphatic hydroxyl groups is 1. The van der Waals surface area contributed by atoms with Gasteiger partial charge in [0.1, 0.15) is 5.54 Å². The molecule has 2 rings (SSSR count). The molecule has 0 saturated heterocycles. The third-order valence-corrected chi connectivity index (χ3v) is 4.74. The van der Waals surface area contributed by atoms with Crippen LogP contribution in [0.1, 0.15) is 51.4 Å². The van der Waals surface area contributed by atoms with Gasteiger partial charge in [-0.2, -0.15) is 5.26 Å². The third kappa shape index (κ3) is 4.69. The first-order valence-corrected chi connectivity index (χ1v) is 8.12. The van der Waals surface area contributed by atoms with Gasteiger partial charge in [-0.15, -0.1) is 0 Å². The fraction of sp³-hybridized carbons (Fsp3) is 0.875. The van der Waals surface area contributed by atoms with E-state index >= 15 is 0 Å². The summed E-state index contributed by atoms with van der Waals surface area (Å²) in [6.45, 7) is 1.17. The summed E-state index contributed by atoms with van der Waals surface area (Å²) in [5, 5.41) is 21.7. The number of likely N-dealkylation sites (N-methyl/N-ethyl adjacent to an activating group) is 1. The summed E-state index contributed by atoms with van der Waals surface area (Å²) in [6, 6.07) is 2.35. The standard InChI is InChI=1S/C16H27N3O2/c1-19(10-13-8-14(20)9-13)11-15(21)18-16(12-17)6-4-2-3-5-7-16/h13-14,20H,2-11H2,1H3,(H,18,21). The first kappa shape index (κ1) is 16.3. The van der Waals surface area contributed by atoms with Crippen molar-refractivity contribution in [1.29, 1.82) is 5.26 Å². The molecule has 5 heteroatoms. The summed E-state index contributed by atoms with van der Waals surface area (Å²) in [6.07, 6.45) is 7.42. The van der Waals surface area contributed by atoms with Gasteiger partial charge in [-0.1, -0.05) is 25.7 Å². The Hall–Kier alpha value is -1.12. The number of hydrogen-bond donors (Lipinski definition) is 2. The minimum Gasteiger partial charge on any atom is -0.393 e. The Balaban J connectivity index is 1.78. The maximum atomic E-state index is 12.2. The van der Waals surface area contributed by atoms with Crippen molar-refractivity contribution in [2.24, 2.45) is 5.92 Å². The van der Waals surface area contributed by atoms with Crippen LogP contribution in [0.15, 0.2) is 0 Å². The molecular formula is C16H27N3O2. The Morgan fingerprint density at radius 1 is 1.33 bits per heavy atom. The molecule has 21 heavy (non-hydrogen) atoms. The van der Waals surface area contributed by atoms with E-state index in [1.54, 1.807) is 0 Å². The van der Waals surface area contributed by atoms with Gasteiger partial charge in [0.2, 0.25) is 5.91 Å². The van der Waals surface area contributed by atoms with E-state index in [0.717, 1.165) is 57.9 Å². The van der Waals surface area contributed by atoms with E-state index in [2.05, 4.69) is 11.4 Å². The van der Waals surface area contributed by atoms with E-state index in [0.29, 0.717) is 12.5 Å². The maximum absolute atomic E-state index is 12.2. The molecule has 0 radical (unpaired) electrons. The number of carbonyl (C=O) groups is 1. The number of nitrogens with zero attached hydrogens (tertiary/aromatic N) is 2. The molecule has 0 aromatic heterocycles. The van der Waals surface area contributed by atoms with Crippen LogP contribution in [0.3, 0.4) is 0 Å². The van der Waals surface area contributed by atoms with Gasteiger partial charge in [-0.3, -0.25) is 9.69 Å². The third-order valence-electron chi connectivity index (χ3n) is 4.74. The Labute approximate surface area is 127 Å². The minimum atomic E-state index is -0.652. The fourth-order valence-corrected chi connectivity index (χ4v) is 3.50. The Morgan fingerprint density at radius 3 is 2.48 bits per heavy atom. The van der Waals surface area contributed by atoms with Crippen molar-refractivity contribution in [2.45, 2.75) is 63.0 Å². The smallest absolute Gasteiger partial charge is 0.235 e. The van der Waals surface area contributed by atoms with Crippen molar-refractivity contribution in [3.63, 3.8) is 0 Å². The van der Waals surface area contributed by atoms with Crippen molar-refractivity contribution in [1.82, 2.24) is 10.2 Å². The van der Waals surface area contributed by atoms with Gasteiger partial charge < -0.3 is 10.4 Å². The van der Waals surface area contributed by atoms with Crippen molar-refractivity contribution in [3.8, 4) is 6.07 Å². The number of aliphatic hydroxyl groups excluding tert-OH is 1. The molecule has 0 heterocycles. The topological polar surface area (TPSA) is 76.4 Å². The first-order valence-electron chi connectivity index (χ1n) is 8.12. The number of nitriles is 1. The molecule has 2 fully saturated rings. The normalized spacial score (nSPS) is 28.3. The highest BCUT2D eigenvalue weighted by Crippen LogP contribution is 2.28. The predicted molar refractivity (Wildman–Crippen MR) is 80.4 cm³/mol. The highest BCUT2D eigenvalue weighted by molar-refractivity contribution is 5.79. The van der Waals surface area contributed by atoms with E-state index in [1.165, 1.54) is 0 Å². The molecule has 5 nitrogen and oxygen atoms in total. The van der Waals surface area contributed by atoms with Crippen molar-refractivity contribution >= 4 is 5.91 Å². The Kier molecular flexibility index (Phi) is 5.60. The maximum Gasteiger partial charge on any atom is 0.235 e. The van der Waals surface area contributed by atoms with Crippen molar-refractivity contribution < 1.29 is 9.90 Å². The number of carbonyl (C=O) groups excluding carboxylic acids is 1. The number of rotatable bonds is 5. The zero-order valence-corrected chi connectivity index (χ0v) is 13.0. The molecule has 0 aromatic rings. The lowest BCUT2D eigenvalue weighted by Crippen LogP contribution is -2.50. The quantitative estimate of drug-likeness (QED) is 0.752. The second-order valence-electron chi connectivity index (χ2n) is 6.84. The zero-order valence-electron chi connectivity index (χ0n) is 13.0. The van der Waals surface area contributed by atoms with E-state index in [-0.39, 0.29) is 12.0 Å². The zero-order chi connectivity index (χ0) is 15.3. The van der Waals surface area contributed by atoms with Gasteiger partial charge in [0.25, 0.3) is 0 Å². The van der Waals surface area contributed by atoms with Crippen LogP contribution >= 0.6 is 0 Å². The summed E-state index contributed by atoms with van der Waals surface area (Å²) >= 11 is 0. The van der Waals surface area contributed by atoms with Gasteiger partial charge in [0.15, 0.2) is 0 Å². The largest absolute Gasteiger partial charge is 0.393 e. The summed E-state index contributed by atoms with van der Waals surface area (Å²) in [5.41, 5.74) is -0.652. The molecule has 1 amide bonds. The second-order valence-corrected chi connectivity index (χ2v) is 6.84. The van der Waals surface area contributed by atoms with E-state index in [9.17, 15) is 15.2 Å². The lowest BCUT2D eigenvalue weighted by atomic mass is 9.82. The van der Waals surface area contributed by atoms with E-state index < -0.39 is 5.54 Å². The van der Waals surface area contributed by atoms with E-state index in [4.69, 9.17) is 0 Å². The molecule has 0 bridgehead atoms. The summed E-state index contributed by atoms with van der Waals surface area (Å²) in [7, 11) is 1.93. The van der Waals surface area contributed by atoms with Crippen LogP contribution in [0.5, 0.6) is 0 Å². The van der Waals surface area contributed by atoms with Gasteiger partial charge in [0, 0.05) is 6.54 Å². The molecule has 118 valence electrons. The average Bonchev–Trinajstić information content (AvgIpc) is 2.63. The van der Waals surface area contributed by atoms with Crippen LogP contribution in [0.2, 0.25) is 0 Å². The Bertz CT molecular complexity index is 391. The first-order chi connectivity index (χ1) is 10.0. The summed E-state index contributed by atoms with van der Waals surface area (Å²) in [5.74, 6) is 0.446. The van der Waals surface area contributed by atoms with Gasteiger partial charge >= 0.3 is 0 Å². The van der Waals surface area contributed by atoms with Gasteiger partial charge in [0.05, 0.1) is 18.7 Å². The van der Waals surface area contributed by atoms with Crippen molar-refractivity contribution in [3.05, 3.63) is 0 Å². The fourth-order valence-electron chi connectivity index (χ4n) is 3.50. The highest BCUT2D eigenvalue weighted by Gasteiger charge is 2.33. The number of hydrogen-bond acceptors (Lipinski definition) is 4. The van der Waals surface area contributed by atoms with E-state index in [1.807, 2.05) is 11.9 Å². The Morgan fingerprint density at radius 2 is 1.95 bits per heavy atom. The average molecular weight is 293 g/mol. The van der Waals surface area contributed by atoms with Gasteiger partial charge in [-0.05, 0) is 38.6 Å². The molecule has 0 atom stereocenters. The van der Waals surface area contributed by atoms with Crippen LogP contribution in [0.25, 0.3) is 0 Å². The molecule has 2 aliphatic rings. The molecule has 0 aliphatic heterocycles. The highest BCUT2D eigenvalue weighted by atomic mass is 16.3. The SMILES string of the molecule is CN(CC(=O)NC1(C#N)CCCCCC1)CC1CC(O)C1. The van der Waals surface area contributed by atoms with Crippen molar-refractivity contribution in [2.75, 3.05) is 20.1 Å². The van der Waals surface area contributed by atoms with Gasteiger partial charge in [-0.25, -0.2) is 0 Å². The molecule has 0 aromatic carbocycles. The minimum absolute atomic E-state index is 0.0548. The van der Waals surface area contributed by atoms with Crippen LogP contribution in [0.4, 0.5) is 0 Å². The molecule has 2 saturated carbocycles. The monoisotopic (exact) mass is 293 g/mol. The predicted octanol–water partition coefficient (Wildman–Crippen LogP) is 1.42. The lowest BCUT2D eigenvalue weighted by molar-refractivity contribution is -0.123. The number of nitrogens with one attached hydrogen (secondary N) is 1. The van der Waals surface area contributed by atoms with Crippen LogP contribution < -0.4 is 5.32 Å². The van der Waals surface area contributed by atoms with Crippen LogP contribution in [-0.2, 0) is 4.79 Å². The molecule has 0 spiro atoms. The molecule has 0 unspecified atom stereocenters. The van der Waals surface area contributed by atoms with Crippen LogP contribution in [-0.4, -0.2) is 47.7 Å². The second kappa shape index (κ2) is 7.24. The summed E-state index contributed by atoms with van der Waals surface area (Å²) < 4.78 is 0.